The number of rotatable bonds is 7. The first kappa shape index (κ1) is 29.4. The van der Waals surface area contributed by atoms with Gasteiger partial charge in [0.25, 0.3) is 17.1 Å². The summed E-state index contributed by atoms with van der Waals surface area (Å²) in [6.45, 7) is 5.56. The third-order valence-corrected chi connectivity index (χ3v) is 8.02. The Kier molecular flexibility index (Phi) is 9.02. The van der Waals surface area contributed by atoms with Crippen molar-refractivity contribution in [1.82, 2.24) is 14.7 Å². The minimum atomic E-state index is -4.61. The number of amides is 4. The van der Waals surface area contributed by atoms with Crippen LogP contribution in [0.1, 0.15) is 53.7 Å². The van der Waals surface area contributed by atoms with Gasteiger partial charge in [-0.2, -0.15) is 13.2 Å². The highest BCUT2D eigenvalue weighted by Crippen LogP contribution is 2.36. The number of carbonyl (C=O) groups excluding carboxylic acids is 4. The lowest BCUT2D eigenvalue weighted by molar-refractivity contribution is -0.139. The number of nitrogens with zero attached hydrogens (tertiary/aromatic N) is 3. The summed E-state index contributed by atoms with van der Waals surface area (Å²) in [5.41, 5.74) is -0.0631. The second-order valence-electron chi connectivity index (χ2n) is 9.65. The molecular formula is C29H30F3N3O4S. The third-order valence-electron chi connectivity index (χ3n) is 7.11. The molecule has 2 saturated heterocycles. The van der Waals surface area contributed by atoms with Crippen LogP contribution in [0.25, 0.3) is 6.08 Å². The molecule has 0 bridgehead atoms. The Morgan fingerprint density at radius 2 is 1.73 bits per heavy atom. The first-order chi connectivity index (χ1) is 19.0. The number of halogens is 3. The van der Waals surface area contributed by atoms with Crippen LogP contribution in [0.15, 0.2) is 53.4 Å². The Bertz CT molecular complexity index is 1320. The number of imide groups is 1. The van der Waals surface area contributed by atoms with Gasteiger partial charge in [0.05, 0.1) is 22.9 Å². The van der Waals surface area contributed by atoms with Crippen LogP contribution < -0.4 is 0 Å². The van der Waals surface area contributed by atoms with E-state index in [1.54, 1.807) is 34.1 Å². The number of likely N-dealkylation sites (tertiary alicyclic amines) is 1. The molecule has 0 aromatic heterocycles. The molecule has 0 saturated carbocycles. The zero-order chi connectivity index (χ0) is 29.0. The van der Waals surface area contributed by atoms with Crippen molar-refractivity contribution in [1.29, 1.82) is 0 Å². The summed E-state index contributed by atoms with van der Waals surface area (Å²) >= 11 is 0.657. The summed E-state index contributed by atoms with van der Waals surface area (Å²) in [5.74, 6) is -1.03. The van der Waals surface area contributed by atoms with Crippen LogP contribution in [0.2, 0.25) is 0 Å². The third kappa shape index (κ3) is 6.41. The summed E-state index contributed by atoms with van der Waals surface area (Å²) < 4.78 is 40.1. The van der Waals surface area contributed by atoms with Gasteiger partial charge in [-0.25, -0.2) is 0 Å². The first-order valence-electron chi connectivity index (χ1n) is 13.1. The van der Waals surface area contributed by atoms with Crippen molar-refractivity contribution in [2.75, 3.05) is 26.2 Å². The van der Waals surface area contributed by atoms with Gasteiger partial charge in [-0.1, -0.05) is 30.3 Å². The molecule has 11 heteroatoms. The molecule has 0 aliphatic carbocycles. The number of carbonyl (C=O) groups is 4. The number of hydrogen-bond donors (Lipinski definition) is 0. The van der Waals surface area contributed by atoms with Crippen LogP contribution in [-0.4, -0.2) is 63.8 Å². The van der Waals surface area contributed by atoms with Crippen LogP contribution in [0.3, 0.4) is 0 Å². The zero-order valence-electron chi connectivity index (χ0n) is 22.2. The van der Waals surface area contributed by atoms with Gasteiger partial charge in [-0.05, 0) is 73.9 Å². The summed E-state index contributed by atoms with van der Waals surface area (Å²) in [6.07, 6.45) is -1.64. The number of thioether (sulfide) groups is 1. The molecule has 4 rings (SSSR count). The summed E-state index contributed by atoms with van der Waals surface area (Å²) in [5, 5.41) is -0.654. The van der Waals surface area contributed by atoms with Gasteiger partial charge >= 0.3 is 6.18 Å². The molecule has 0 radical (unpaired) electrons. The van der Waals surface area contributed by atoms with E-state index < -0.39 is 29.4 Å². The van der Waals surface area contributed by atoms with E-state index in [0.717, 1.165) is 23.8 Å². The van der Waals surface area contributed by atoms with Crippen molar-refractivity contribution in [2.45, 2.75) is 39.4 Å². The smallest absolute Gasteiger partial charge is 0.343 e. The molecule has 7 nitrogen and oxygen atoms in total. The maximum atomic E-state index is 13.4. The Labute approximate surface area is 235 Å². The quantitative estimate of drug-likeness (QED) is 0.400. The molecule has 2 aliphatic rings. The monoisotopic (exact) mass is 573 g/mol. The van der Waals surface area contributed by atoms with E-state index in [2.05, 4.69) is 0 Å². The van der Waals surface area contributed by atoms with E-state index in [9.17, 15) is 32.3 Å². The van der Waals surface area contributed by atoms with Crippen LogP contribution in [0, 0.1) is 5.92 Å². The lowest BCUT2D eigenvalue weighted by atomic mass is 9.95. The minimum absolute atomic E-state index is 0.0636. The molecule has 0 spiro atoms. The summed E-state index contributed by atoms with van der Waals surface area (Å²) in [4.78, 5) is 55.7. The molecule has 212 valence electrons. The molecular weight excluding hydrogens is 543 g/mol. The van der Waals surface area contributed by atoms with Gasteiger partial charge in [0.1, 0.15) is 0 Å². The normalized spacial score (nSPS) is 18.9. The fourth-order valence-electron chi connectivity index (χ4n) is 4.95. The Morgan fingerprint density at radius 3 is 2.38 bits per heavy atom. The molecule has 2 heterocycles. The van der Waals surface area contributed by atoms with Crippen molar-refractivity contribution in [3.63, 3.8) is 0 Å². The zero-order valence-corrected chi connectivity index (χ0v) is 23.1. The van der Waals surface area contributed by atoms with Crippen molar-refractivity contribution in [2.24, 2.45) is 5.92 Å². The molecule has 40 heavy (non-hydrogen) atoms. The highest BCUT2D eigenvalue weighted by molar-refractivity contribution is 8.18. The molecule has 0 N–H and O–H groups in total. The molecule has 1 unspecified atom stereocenters. The average molecular weight is 574 g/mol. The van der Waals surface area contributed by atoms with Crippen molar-refractivity contribution in [3.05, 3.63) is 75.7 Å². The van der Waals surface area contributed by atoms with Crippen LogP contribution in [0.4, 0.5) is 18.0 Å². The maximum absolute atomic E-state index is 13.4. The Balaban J connectivity index is 1.44. The molecule has 2 fully saturated rings. The van der Waals surface area contributed by atoms with Crippen molar-refractivity contribution >= 4 is 40.8 Å². The van der Waals surface area contributed by atoms with Crippen LogP contribution in [0.5, 0.6) is 0 Å². The topological polar surface area (TPSA) is 78.0 Å². The summed E-state index contributed by atoms with van der Waals surface area (Å²) in [7, 11) is 0. The van der Waals surface area contributed by atoms with Gasteiger partial charge in [-0.3, -0.25) is 24.1 Å². The van der Waals surface area contributed by atoms with Gasteiger partial charge < -0.3 is 9.80 Å². The van der Waals surface area contributed by atoms with E-state index in [4.69, 9.17) is 0 Å². The highest BCUT2D eigenvalue weighted by Gasteiger charge is 2.38. The van der Waals surface area contributed by atoms with E-state index in [-0.39, 0.29) is 28.2 Å². The first-order valence-corrected chi connectivity index (χ1v) is 13.9. The minimum Gasteiger partial charge on any atom is -0.343 e. The predicted molar refractivity (Wildman–Crippen MR) is 146 cm³/mol. The lowest BCUT2D eigenvalue weighted by Gasteiger charge is -2.34. The SMILES string of the molecule is CCN(CC)C(=O)C1CCCN(C(=O)c2ccc(/C=C3\SC(=O)N(Cc4ccccc4C(F)(F)F)C3=O)cc2)C1. The van der Waals surface area contributed by atoms with E-state index in [1.807, 2.05) is 13.8 Å². The number of hydrogen-bond acceptors (Lipinski definition) is 5. The maximum Gasteiger partial charge on any atom is 0.416 e. The molecule has 2 aromatic rings. The number of piperidine rings is 1. The van der Waals surface area contributed by atoms with Gasteiger partial charge in [-0.15, -0.1) is 0 Å². The standard InChI is InChI=1S/C29H30F3N3O4S/c1-3-33(4-2)26(37)22-9-7-15-34(17-22)25(36)20-13-11-19(12-14-20)16-24-27(38)35(28(39)40-24)18-21-8-5-6-10-23(21)29(30,31)32/h5-6,8,10-14,16,22H,3-4,7,9,15,17-18H2,1-2H3/b24-16-. The predicted octanol–water partition coefficient (Wildman–Crippen LogP) is 5.66. The second-order valence-corrected chi connectivity index (χ2v) is 10.6. The lowest BCUT2D eigenvalue weighted by Crippen LogP contribution is -2.46. The molecule has 2 aliphatic heterocycles. The fourth-order valence-corrected chi connectivity index (χ4v) is 5.79. The van der Waals surface area contributed by atoms with Gasteiger partial charge in [0.15, 0.2) is 0 Å². The van der Waals surface area contributed by atoms with Crippen LogP contribution >= 0.6 is 11.8 Å². The van der Waals surface area contributed by atoms with Gasteiger partial charge in [0.2, 0.25) is 5.91 Å². The Hall–Kier alpha value is -3.60. The Morgan fingerprint density at radius 1 is 1.05 bits per heavy atom. The fraction of sp³-hybridized carbons (Fsp3) is 0.379. The van der Waals surface area contributed by atoms with E-state index in [0.29, 0.717) is 49.1 Å². The second kappa shape index (κ2) is 12.3. The van der Waals surface area contributed by atoms with E-state index in [1.165, 1.54) is 24.3 Å². The van der Waals surface area contributed by atoms with Crippen molar-refractivity contribution < 1.29 is 32.3 Å². The number of benzene rings is 2. The largest absolute Gasteiger partial charge is 0.416 e. The number of alkyl halides is 3. The summed E-state index contributed by atoms with van der Waals surface area (Å²) in [6, 6.07) is 11.4. The molecule has 1 atom stereocenters. The molecule has 4 amide bonds. The average Bonchev–Trinajstić information content (AvgIpc) is 3.20. The highest BCUT2D eigenvalue weighted by atomic mass is 32.2. The van der Waals surface area contributed by atoms with Gasteiger partial charge in [0, 0.05) is 31.7 Å². The van der Waals surface area contributed by atoms with Crippen LogP contribution in [-0.2, 0) is 22.3 Å². The van der Waals surface area contributed by atoms with E-state index >= 15 is 0 Å². The van der Waals surface area contributed by atoms with Crippen molar-refractivity contribution in [3.8, 4) is 0 Å². The molecule has 2 aromatic carbocycles.